The van der Waals surface area contributed by atoms with E-state index in [1.807, 2.05) is 11.0 Å². The molecule has 0 atom stereocenters. The van der Waals surface area contributed by atoms with Gasteiger partial charge in [-0.15, -0.1) is 0 Å². The van der Waals surface area contributed by atoms with Gasteiger partial charge in [0.05, 0.1) is 41.9 Å². The van der Waals surface area contributed by atoms with Gasteiger partial charge < -0.3 is 19.7 Å². The number of rotatable bonds is 7. The first kappa shape index (κ1) is 23.5. The molecule has 1 N–H and O–H groups in total. The van der Waals surface area contributed by atoms with Gasteiger partial charge in [-0.25, -0.2) is 15.0 Å². The smallest absolute Gasteiger partial charge is 0.317 e. The summed E-state index contributed by atoms with van der Waals surface area (Å²) >= 11 is 1.47. The van der Waals surface area contributed by atoms with Crippen molar-refractivity contribution in [3.8, 4) is 16.6 Å². The number of carbonyl (C=O) groups excluding carboxylic acids is 1. The minimum absolute atomic E-state index is 0.0874. The maximum absolute atomic E-state index is 11.5. The molecule has 12 heteroatoms. The van der Waals surface area contributed by atoms with Crippen LogP contribution in [0.1, 0.15) is 25.5 Å². The van der Waals surface area contributed by atoms with Gasteiger partial charge in [0, 0.05) is 64.9 Å². The molecule has 5 heterocycles. The third kappa shape index (κ3) is 6.27. The third-order valence-electron chi connectivity index (χ3n) is 5.98. The number of hydrogen-bond acceptors (Lipinski definition) is 11. The predicted molar refractivity (Wildman–Crippen MR) is 130 cm³/mol. The maximum atomic E-state index is 11.5. The second-order valence-electron chi connectivity index (χ2n) is 8.48. The zero-order valence-corrected chi connectivity index (χ0v) is 20.4. The molecule has 2 saturated heterocycles. The Morgan fingerprint density at radius 3 is 2.69 bits per heavy atom. The van der Waals surface area contributed by atoms with E-state index in [0.29, 0.717) is 36.7 Å². The van der Waals surface area contributed by atoms with Crippen molar-refractivity contribution in [3.05, 3.63) is 36.5 Å². The highest BCUT2D eigenvalue weighted by Crippen LogP contribution is 2.30. The Labute approximate surface area is 207 Å². The maximum Gasteiger partial charge on any atom is 0.317 e. The summed E-state index contributed by atoms with van der Waals surface area (Å²) in [5.74, 6) is 0.760. The van der Waals surface area contributed by atoms with Gasteiger partial charge in [-0.05, 0) is 6.07 Å². The number of thiazole rings is 1. The molecule has 0 unspecified atom stereocenters. The molecule has 184 valence electrons. The zero-order valence-electron chi connectivity index (χ0n) is 19.6. The van der Waals surface area contributed by atoms with E-state index < -0.39 is 0 Å². The van der Waals surface area contributed by atoms with E-state index in [4.69, 9.17) is 9.47 Å². The molecule has 0 aromatic carbocycles. The molecule has 2 fully saturated rings. The van der Waals surface area contributed by atoms with Crippen molar-refractivity contribution in [1.82, 2.24) is 34.7 Å². The Balaban J connectivity index is 1.16. The van der Waals surface area contributed by atoms with Crippen LogP contribution in [0, 0.1) is 0 Å². The first-order chi connectivity index (χ1) is 17.1. The Bertz CT molecular complexity index is 1130. The van der Waals surface area contributed by atoms with Crippen molar-refractivity contribution in [2.24, 2.45) is 0 Å². The van der Waals surface area contributed by atoms with E-state index in [-0.39, 0.29) is 12.0 Å². The van der Waals surface area contributed by atoms with Crippen molar-refractivity contribution >= 4 is 28.2 Å². The van der Waals surface area contributed by atoms with Crippen LogP contribution in [-0.4, -0.2) is 86.1 Å². The monoisotopic (exact) mass is 496 g/mol. The van der Waals surface area contributed by atoms with Crippen LogP contribution in [0.4, 0.5) is 10.9 Å². The van der Waals surface area contributed by atoms with Crippen LogP contribution in [0.2, 0.25) is 0 Å². The molecule has 0 bridgehead atoms. The topological polar surface area (TPSA) is 118 Å². The van der Waals surface area contributed by atoms with Crippen LogP contribution in [-0.2, 0) is 16.1 Å². The second-order valence-corrected chi connectivity index (χ2v) is 9.51. The molecular formula is C23H28N8O3S. The van der Waals surface area contributed by atoms with E-state index in [1.54, 1.807) is 31.7 Å². The lowest BCUT2D eigenvalue weighted by Crippen LogP contribution is -2.47. The lowest BCUT2D eigenvalue weighted by atomic mass is 10.2. The summed E-state index contributed by atoms with van der Waals surface area (Å²) < 4.78 is 11.3. The standard InChI is InChI=1S/C23H28N8O3S/c1-16(32)31-8-6-30(7-9-31)15-17-12-26-21(14-25-17)29-23-27-13-20(35-23)19-2-5-24-22(28-19)34-18-3-10-33-11-4-18/h2,5,12-14,18H,3-4,6-11,15H2,1H3,(H,26,27,29). The molecule has 0 saturated carbocycles. The molecule has 3 aromatic rings. The van der Waals surface area contributed by atoms with E-state index in [1.165, 1.54) is 11.3 Å². The van der Waals surface area contributed by atoms with E-state index >= 15 is 0 Å². The quantitative estimate of drug-likeness (QED) is 0.522. The van der Waals surface area contributed by atoms with Gasteiger partial charge in [0.25, 0.3) is 0 Å². The Kier molecular flexibility index (Phi) is 7.40. The van der Waals surface area contributed by atoms with Crippen molar-refractivity contribution < 1.29 is 14.3 Å². The number of ether oxygens (including phenoxy) is 2. The normalized spacial score (nSPS) is 17.3. The number of nitrogens with zero attached hydrogens (tertiary/aromatic N) is 7. The number of aromatic nitrogens is 5. The first-order valence-corrected chi connectivity index (χ1v) is 12.5. The van der Waals surface area contributed by atoms with E-state index in [2.05, 4.69) is 35.1 Å². The number of amides is 1. The lowest BCUT2D eigenvalue weighted by molar-refractivity contribution is -0.130. The summed E-state index contributed by atoms with van der Waals surface area (Å²) in [7, 11) is 0. The number of anilines is 2. The number of carbonyl (C=O) groups is 1. The highest BCUT2D eigenvalue weighted by Gasteiger charge is 2.19. The predicted octanol–water partition coefficient (Wildman–Crippen LogP) is 2.36. The summed E-state index contributed by atoms with van der Waals surface area (Å²) in [4.78, 5) is 38.8. The van der Waals surface area contributed by atoms with Crippen LogP contribution < -0.4 is 10.1 Å². The van der Waals surface area contributed by atoms with Crippen LogP contribution >= 0.6 is 11.3 Å². The Hall–Kier alpha value is -3.22. The average Bonchev–Trinajstić information content (AvgIpc) is 3.35. The summed E-state index contributed by atoms with van der Waals surface area (Å²) in [5, 5.41) is 3.91. The summed E-state index contributed by atoms with van der Waals surface area (Å²) in [6, 6.07) is 2.22. The van der Waals surface area contributed by atoms with Crippen LogP contribution in [0.15, 0.2) is 30.9 Å². The molecule has 2 aliphatic rings. The van der Waals surface area contributed by atoms with Gasteiger partial charge in [0.2, 0.25) is 5.91 Å². The minimum atomic E-state index is 0.0874. The van der Waals surface area contributed by atoms with Gasteiger partial charge >= 0.3 is 6.01 Å². The Morgan fingerprint density at radius 2 is 1.94 bits per heavy atom. The van der Waals surface area contributed by atoms with Gasteiger partial charge in [0.15, 0.2) is 10.9 Å². The fourth-order valence-corrected chi connectivity index (χ4v) is 4.78. The van der Waals surface area contributed by atoms with Crippen molar-refractivity contribution in [2.75, 3.05) is 44.7 Å². The third-order valence-corrected chi connectivity index (χ3v) is 6.91. The number of hydrogen-bond donors (Lipinski definition) is 1. The largest absolute Gasteiger partial charge is 0.460 e. The summed E-state index contributed by atoms with van der Waals surface area (Å²) in [5.41, 5.74) is 1.66. The highest BCUT2D eigenvalue weighted by atomic mass is 32.1. The van der Waals surface area contributed by atoms with Gasteiger partial charge in [0.1, 0.15) is 6.10 Å². The molecule has 1 amide bonds. The van der Waals surface area contributed by atoms with Crippen LogP contribution in [0.3, 0.4) is 0 Å². The molecule has 0 aliphatic carbocycles. The fraction of sp³-hybridized carbons (Fsp3) is 0.478. The first-order valence-electron chi connectivity index (χ1n) is 11.7. The SMILES string of the molecule is CC(=O)N1CCN(Cc2cnc(Nc3ncc(-c4ccnc(OC5CCOCC5)n4)s3)cn2)CC1. The van der Waals surface area contributed by atoms with Crippen molar-refractivity contribution in [2.45, 2.75) is 32.4 Å². The molecule has 3 aromatic heterocycles. The van der Waals surface area contributed by atoms with Gasteiger partial charge in [-0.1, -0.05) is 11.3 Å². The molecular weight excluding hydrogens is 468 g/mol. The molecule has 0 spiro atoms. The summed E-state index contributed by atoms with van der Waals surface area (Å²) in [6.45, 7) is 6.93. The van der Waals surface area contributed by atoms with E-state index in [0.717, 1.165) is 55.3 Å². The minimum Gasteiger partial charge on any atom is -0.460 e. The second kappa shape index (κ2) is 11.0. The van der Waals surface area contributed by atoms with Crippen LogP contribution in [0.5, 0.6) is 6.01 Å². The molecule has 35 heavy (non-hydrogen) atoms. The highest BCUT2D eigenvalue weighted by molar-refractivity contribution is 7.18. The molecule has 0 radical (unpaired) electrons. The number of nitrogens with one attached hydrogen (secondary N) is 1. The van der Waals surface area contributed by atoms with E-state index in [9.17, 15) is 4.79 Å². The fourth-order valence-electron chi connectivity index (χ4n) is 3.99. The van der Waals surface area contributed by atoms with Gasteiger partial charge in [-0.2, -0.15) is 4.98 Å². The Morgan fingerprint density at radius 1 is 1.11 bits per heavy atom. The summed E-state index contributed by atoms with van der Waals surface area (Å²) in [6.07, 6.45) is 8.75. The number of piperazine rings is 1. The molecule has 2 aliphatic heterocycles. The average molecular weight is 497 g/mol. The molecule has 11 nitrogen and oxygen atoms in total. The van der Waals surface area contributed by atoms with Crippen LogP contribution in [0.25, 0.3) is 10.6 Å². The van der Waals surface area contributed by atoms with Crippen molar-refractivity contribution in [3.63, 3.8) is 0 Å². The van der Waals surface area contributed by atoms with Gasteiger partial charge in [-0.3, -0.25) is 14.7 Å². The zero-order chi connectivity index (χ0) is 24.0. The molecule has 5 rings (SSSR count). The van der Waals surface area contributed by atoms with Crippen molar-refractivity contribution in [1.29, 1.82) is 0 Å². The lowest BCUT2D eigenvalue weighted by Gasteiger charge is -2.33.